The second-order valence-electron chi connectivity index (χ2n) is 4.46. The molecular weight excluding hydrogens is 278 g/mol. The molecule has 0 heterocycles. The Hall–Kier alpha value is -0.950. The van der Waals surface area contributed by atoms with E-state index in [-0.39, 0.29) is 6.61 Å². The van der Waals surface area contributed by atoms with Crippen molar-refractivity contribution in [3.8, 4) is 0 Å². The first kappa shape index (κ1) is 17.1. The SMILES string of the molecule is CCN(CCOC)S(=O)(=O)c1ccc(CCCO)cc1. The summed E-state index contributed by atoms with van der Waals surface area (Å²) in [6.07, 6.45) is 1.43. The first-order valence-electron chi connectivity index (χ1n) is 6.75. The molecule has 0 aliphatic carbocycles. The molecule has 0 fully saturated rings. The maximum absolute atomic E-state index is 12.4. The Morgan fingerprint density at radius 1 is 1.25 bits per heavy atom. The molecule has 0 bridgehead atoms. The zero-order valence-corrected chi connectivity index (χ0v) is 12.9. The van der Waals surface area contributed by atoms with Crippen molar-refractivity contribution >= 4 is 10.0 Å². The van der Waals surface area contributed by atoms with Gasteiger partial charge in [0.05, 0.1) is 11.5 Å². The highest BCUT2D eigenvalue weighted by atomic mass is 32.2. The van der Waals surface area contributed by atoms with E-state index in [0.717, 1.165) is 12.0 Å². The lowest BCUT2D eigenvalue weighted by molar-refractivity contribution is 0.180. The van der Waals surface area contributed by atoms with Crippen LogP contribution in [0.1, 0.15) is 18.9 Å². The molecule has 1 aromatic rings. The van der Waals surface area contributed by atoms with Crippen LogP contribution in [0.4, 0.5) is 0 Å². The molecule has 0 unspecified atom stereocenters. The van der Waals surface area contributed by atoms with Crippen molar-refractivity contribution in [2.75, 3.05) is 33.4 Å². The number of aliphatic hydroxyl groups excluding tert-OH is 1. The summed E-state index contributed by atoms with van der Waals surface area (Å²) in [5, 5.41) is 8.78. The number of rotatable bonds is 9. The third-order valence-corrected chi connectivity index (χ3v) is 5.07. The van der Waals surface area contributed by atoms with E-state index in [2.05, 4.69) is 0 Å². The van der Waals surface area contributed by atoms with Crippen molar-refractivity contribution in [2.24, 2.45) is 0 Å². The number of benzene rings is 1. The minimum Gasteiger partial charge on any atom is -0.396 e. The standard InChI is InChI=1S/C14H23NO4S/c1-3-15(10-12-19-2)20(17,18)14-8-6-13(7-9-14)5-4-11-16/h6-9,16H,3-5,10-12H2,1-2H3. The predicted octanol–water partition coefficient (Wildman–Crippen LogP) is 1.27. The fourth-order valence-electron chi connectivity index (χ4n) is 1.90. The number of hydrogen-bond acceptors (Lipinski definition) is 4. The highest BCUT2D eigenvalue weighted by molar-refractivity contribution is 7.89. The topological polar surface area (TPSA) is 66.8 Å². The number of nitrogens with zero attached hydrogens (tertiary/aromatic N) is 1. The van der Waals surface area contributed by atoms with Gasteiger partial charge in [-0.25, -0.2) is 8.42 Å². The van der Waals surface area contributed by atoms with Crippen LogP contribution < -0.4 is 0 Å². The maximum atomic E-state index is 12.4. The molecule has 0 aliphatic rings. The molecule has 0 saturated heterocycles. The molecule has 114 valence electrons. The summed E-state index contributed by atoms with van der Waals surface area (Å²) >= 11 is 0. The Labute approximate surface area is 121 Å². The van der Waals surface area contributed by atoms with Crippen LogP contribution in [0.2, 0.25) is 0 Å². The number of likely N-dealkylation sites (N-methyl/N-ethyl adjacent to an activating group) is 1. The van der Waals surface area contributed by atoms with E-state index in [1.807, 2.05) is 6.92 Å². The van der Waals surface area contributed by atoms with Gasteiger partial charge in [0.25, 0.3) is 0 Å². The Bertz CT molecular complexity index is 484. The van der Waals surface area contributed by atoms with E-state index >= 15 is 0 Å². The van der Waals surface area contributed by atoms with Crippen LogP contribution in [0.25, 0.3) is 0 Å². The lowest BCUT2D eigenvalue weighted by Crippen LogP contribution is -2.33. The minimum atomic E-state index is -3.46. The average Bonchev–Trinajstić information content (AvgIpc) is 2.46. The molecule has 0 saturated carbocycles. The van der Waals surface area contributed by atoms with Crippen molar-refractivity contribution in [2.45, 2.75) is 24.7 Å². The molecule has 0 aromatic heterocycles. The monoisotopic (exact) mass is 301 g/mol. The van der Waals surface area contributed by atoms with E-state index < -0.39 is 10.0 Å². The van der Waals surface area contributed by atoms with Crippen LogP contribution >= 0.6 is 0 Å². The summed E-state index contributed by atoms with van der Waals surface area (Å²) in [4.78, 5) is 0.295. The number of aliphatic hydroxyl groups is 1. The number of sulfonamides is 1. The quantitative estimate of drug-likeness (QED) is 0.746. The molecule has 0 atom stereocenters. The van der Waals surface area contributed by atoms with Crippen LogP contribution in [-0.4, -0.2) is 51.2 Å². The average molecular weight is 301 g/mol. The Balaban J connectivity index is 2.85. The summed E-state index contributed by atoms with van der Waals surface area (Å²) in [7, 11) is -1.90. The van der Waals surface area contributed by atoms with Gasteiger partial charge in [-0.05, 0) is 30.5 Å². The van der Waals surface area contributed by atoms with Crippen molar-refractivity contribution in [3.63, 3.8) is 0 Å². The fourth-order valence-corrected chi connectivity index (χ4v) is 3.33. The smallest absolute Gasteiger partial charge is 0.243 e. The van der Waals surface area contributed by atoms with E-state index in [1.54, 1.807) is 31.4 Å². The zero-order valence-electron chi connectivity index (χ0n) is 12.1. The van der Waals surface area contributed by atoms with Crippen LogP contribution in [0.15, 0.2) is 29.2 Å². The van der Waals surface area contributed by atoms with Gasteiger partial charge in [0.1, 0.15) is 0 Å². The van der Waals surface area contributed by atoms with E-state index in [9.17, 15) is 8.42 Å². The Morgan fingerprint density at radius 2 is 1.90 bits per heavy atom. The summed E-state index contributed by atoms with van der Waals surface area (Å²) in [5.41, 5.74) is 1.03. The summed E-state index contributed by atoms with van der Waals surface area (Å²) in [6.45, 7) is 3.09. The highest BCUT2D eigenvalue weighted by Crippen LogP contribution is 2.16. The van der Waals surface area contributed by atoms with Gasteiger partial charge >= 0.3 is 0 Å². The third kappa shape index (κ3) is 4.56. The number of methoxy groups -OCH3 is 1. The summed E-state index contributed by atoms with van der Waals surface area (Å²) < 4.78 is 31.2. The van der Waals surface area contributed by atoms with Gasteiger partial charge in [0, 0.05) is 26.8 Å². The molecule has 5 nitrogen and oxygen atoms in total. The molecule has 0 radical (unpaired) electrons. The first-order chi connectivity index (χ1) is 9.56. The molecule has 0 amide bonds. The molecule has 20 heavy (non-hydrogen) atoms. The summed E-state index contributed by atoms with van der Waals surface area (Å²) in [5.74, 6) is 0. The maximum Gasteiger partial charge on any atom is 0.243 e. The second-order valence-corrected chi connectivity index (χ2v) is 6.40. The normalized spacial score (nSPS) is 12.0. The van der Waals surface area contributed by atoms with Crippen LogP contribution in [0.3, 0.4) is 0 Å². The minimum absolute atomic E-state index is 0.140. The van der Waals surface area contributed by atoms with E-state index in [1.165, 1.54) is 4.31 Å². The largest absolute Gasteiger partial charge is 0.396 e. The molecule has 0 spiro atoms. The zero-order chi connectivity index (χ0) is 15.0. The first-order valence-corrected chi connectivity index (χ1v) is 8.19. The van der Waals surface area contributed by atoms with Gasteiger partial charge in [-0.2, -0.15) is 4.31 Å². The van der Waals surface area contributed by atoms with Gasteiger partial charge in [-0.3, -0.25) is 0 Å². The second kappa shape index (κ2) is 8.36. The van der Waals surface area contributed by atoms with E-state index in [0.29, 0.717) is 31.0 Å². The van der Waals surface area contributed by atoms with Crippen LogP contribution in [0.5, 0.6) is 0 Å². The van der Waals surface area contributed by atoms with Gasteiger partial charge in [0.2, 0.25) is 10.0 Å². The lowest BCUT2D eigenvalue weighted by atomic mass is 10.1. The van der Waals surface area contributed by atoms with Crippen LogP contribution in [0, 0.1) is 0 Å². The van der Waals surface area contributed by atoms with Gasteiger partial charge in [-0.1, -0.05) is 19.1 Å². The number of hydrogen-bond donors (Lipinski definition) is 1. The third-order valence-electron chi connectivity index (χ3n) is 3.08. The van der Waals surface area contributed by atoms with Crippen molar-refractivity contribution in [1.29, 1.82) is 0 Å². The number of aryl methyl sites for hydroxylation is 1. The van der Waals surface area contributed by atoms with Crippen molar-refractivity contribution in [1.82, 2.24) is 4.31 Å². The molecule has 1 N–H and O–H groups in total. The Morgan fingerprint density at radius 3 is 2.40 bits per heavy atom. The molecule has 1 aromatic carbocycles. The molecule has 0 aliphatic heterocycles. The Kier molecular flexibility index (Phi) is 7.15. The van der Waals surface area contributed by atoms with Crippen molar-refractivity contribution in [3.05, 3.63) is 29.8 Å². The molecule has 6 heteroatoms. The van der Waals surface area contributed by atoms with Gasteiger partial charge < -0.3 is 9.84 Å². The molecular formula is C14H23NO4S. The van der Waals surface area contributed by atoms with Gasteiger partial charge in [0.15, 0.2) is 0 Å². The summed E-state index contributed by atoms with van der Waals surface area (Å²) in [6, 6.07) is 6.84. The highest BCUT2D eigenvalue weighted by Gasteiger charge is 2.22. The fraction of sp³-hybridized carbons (Fsp3) is 0.571. The predicted molar refractivity (Wildman–Crippen MR) is 78.2 cm³/mol. The van der Waals surface area contributed by atoms with E-state index in [4.69, 9.17) is 9.84 Å². The van der Waals surface area contributed by atoms with Crippen molar-refractivity contribution < 1.29 is 18.3 Å². The van der Waals surface area contributed by atoms with Gasteiger partial charge in [-0.15, -0.1) is 0 Å². The van der Waals surface area contributed by atoms with Crippen LogP contribution in [-0.2, 0) is 21.2 Å². The number of ether oxygens (including phenoxy) is 1. The molecule has 1 rings (SSSR count). The lowest BCUT2D eigenvalue weighted by Gasteiger charge is -2.20.